The van der Waals surface area contributed by atoms with Crippen LogP contribution in [0.15, 0.2) is 54.6 Å². The molecule has 130 valence electrons. The van der Waals surface area contributed by atoms with Gasteiger partial charge in [0.1, 0.15) is 12.8 Å². The third-order valence-electron chi connectivity index (χ3n) is 4.65. The fraction of sp³-hybridized carbons (Fsp3) is 0.316. The second-order valence-electron chi connectivity index (χ2n) is 6.36. The Morgan fingerprint density at radius 1 is 1.04 bits per heavy atom. The third kappa shape index (κ3) is 3.18. The average Bonchev–Trinajstić information content (AvgIpc) is 3.02. The molecule has 1 fully saturated rings. The molecule has 1 amide bonds. The summed E-state index contributed by atoms with van der Waals surface area (Å²) in [6.07, 6.45) is -0.880. The van der Waals surface area contributed by atoms with Gasteiger partial charge in [0.2, 0.25) is 6.10 Å². The van der Waals surface area contributed by atoms with E-state index in [1.165, 1.54) is 5.56 Å². The van der Waals surface area contributed by atoms with Crippen LogP contribution in [0, 0.1) is 0 Å². The van der Waals surface area contributed by atoms with E-state index in [0.29, 0.717) is 11.5 Å². The Bertz CT molecular complexity index is 753. The molecule has 0 bridgehead atoms. The van der Waals surface area contributed by atoms with Crippen LogP contribution >= 0.6 is 0 Å². The second-order valence-corrected chi connectivity index (χ2v) is 6.36. The van der Waals surface area contributed by atoms with Gasteiger partial charge in [-0.2, -0.15) is 0 Å². The first-order valence-corrected chi connectivity index (χ1v) is 8.47. The SMILES string of the molecule is CC1NNC(NC(=O)C2COc3ccccc3O2)C1c1ccccc1. The van der Waals surface area contributed by atoms with Gasteiger partial charge in [-0.1, -0.05) is 42.5 Å². The van der Waals surface area contributed by atoms with E-state index in [1.54, 1.807) is 6.07 Å². The lowest BCUT2D eigenvalue weighted by Crippen LogP contribution is -2.52. The normalized spacial score (nSPS) is 27.7. The fourth-order valence-electron chi connectivity index (χ4n) is 3.37. The Kier molecular flexibility index (Phi) is 4.29. The molecule has 6 heteroatoms. The Morgan fingerprint density at radius 3 is 2.56 bits per heavy atom. The molecule has 0 aliphatic carbocycles. The second kappa shape index (κ2) is 6.74. The third-order valence-corrected chi connectivity index (χ3v) is 4.65. The summed E-state index contributed by atoms with van der Waals surface area (Å²) in [5.41, 5.74) is 7.54. The number of carbonyl (C=O) groups excluding carboxylic acids is 1. The zero-order valence-corrected chi connectivity index (χ0v) is 13.9. The number of ether oxygens (including phenoxy) is 2. The molecule has 1 saturated heterocycles. The van der Waals surface area contributed by atoms with Crippen LogP contribution in [0.4, 0.5) is 0 Å². The standard InChI is InChI=1S/C19H21N3O3/c1-12-17(13-7-3-2-4-8-13)18(22-21-12)20-19(23)16-11-24-14-9-5-6-10-15(14)25-16/h2-10,12,16-18,21-22H,11H2,1H3,(H,20,23). The van der Waals surface area contributed by atoms with Crippen molar-refractivity contribution in [3.8, 4) is 11.5 Å². The number of para-hydroxylation sites is 2. The number of amides is 1. The first-order chi connectivity index (χ1) is 12.2. The predicted octanol–water partition coefficient (Wildman–Crippen LogP) is 1.55. The maximum atomic E-state index is 12.7. The molecule has 2 heterocycles. The van der Waals surface area contributed by atoms with Crippen molar-refractivity contribution in [3.05, 3.63) is 60.2 Å². The molecule has 0 spiro atoms. The van der Waals surface area contributed by atoms with Crippen LogP contribution in [0.25, 0.3) is 0 Å². The summed E-state index contributed by atoms with van der Waals surface area (Å²) in [4.78, 5) is 12.7. The summed E-state index contributed by atoms with van der Waals surface area (Å²) in [7, 11) is 0. The van der Waals surface area contributed by atoms with Crippen molar-refractivity contribution in [2.75, 3.05) is 6.61 Å². The van der Waals surface area contributed by atoms with E-state index in [0.717, 1.165) is 0 Å². The largest absolute Gasteiger partial charge is 0.485 e. The Hall–Kier alpha value is -2.57. The van der Waals surface area contributed by atoms with E-state index in [9.17, 15) is 4.79 Å². The Morgan fingerprint density at radius 2 is 1.76 bits per heavy atom. The number of rotatable bonds is 3. The molecule has 0 radical (unpaired) electrons. The molecule has 3 N–H and O–H groups in total. The van der Waals surface area contributed by atoms with Crippen molar-refractivity contribution in [1.29, 1.82) is 0 Å². The van der Waals surface area contributed by atoms with Crippen molar-refractivity contribution in [3.63, 3.8) is 0 Å². The first-order valence-electron chi connectivity index (χ1n) is 8.47. The highest BCUT2D eigenvalue weighted by molar-refractivity contribution is 5.82. The summed E-state index contributed by atoms with van der Waals surface area (Å²) in [6, 6.07) is 17.7. The van der Waals surface area contributed by atoms with Crippen molar-refractivity contribution in [2.24, 2.45) is 0 Å². The van der Waals surface area contributed by atoms with E-state index in [2.05, 4.69) is 35.2 Å². The van der Waals surface area contributed by atoms with E-state index in [-0.39, 0.29) is 30.6 Å². The van der Waals surface area contributed by atoms with Gasteiger partial charge in [0.15, 0.2) is 11.5 Å². The smallest absolute Gasteiger partial charge is 0.265 e. The van der Waals surface area contributed by atoms with Gasteiger partial charge in [0, 0.05) is 12.0 Å². The van der Waals surface area contributed by atoms with Crippen LogP contribution < -0.4 is 25.6 Å². The van der Waals surface area contributed by atoms with Crippen molar-refractivity contribution >= 4 is 5.91 Å². The number of nitrogens with one attached hydrogen (secondary N) is 3. The van der Waals surface area contributed by atoms with Crippen LogP contribution in [-0.2, 0) is 4.79 Å². The number of hydrogen-bond acceptors (Lipinski definition) is 5. The highest BCUT2D eigenvalue weighted by Crippen LogP contribution is 2.31. The molecule has 4 rings (SSSR count). The summed E-state index contributed by atoms with van der Waals surface area (Å²) in [5.74, 6) is 1.20. The molecular formula is C19H21N3O3. The average molecular weight is 339 g/mol. The van der Waals surface area contributed by atoms with Gasteiger partial charge >= 0.3 is 0 Å². The molecule has 0 saturated carbocycles. The van der Waals surface area contributed by atoms with Crippen LogP contribution in [-0.4, -0.2) is 30.8 Å². The molecule has 4 unspecified atom stereocenters. The quantitative estimate of drug-likeness (QED) is 0.791. The summed E-state index contributed by atoms with van der Waals surface area (Å²) in [5, 5.41) is 3.04. The van der Waals surface area contributed by atoms with Crippen molar-refractivity contribution < 1.29 is 14.3 Å². The number of benzene rings is 2. The Labute approximate surface area is 146 Å². The maximum Gasteiger partial charge on any atom is 0.265 e. The van der Waals surface area contributed by atoms with Gasteiger partial charge < -0.3 is 14.8 Å². The lowest BCUT2D eigenvalue weighted by atomic mass is 9.91. The maximum absolute atomic E-state index is 12.7. The van der Waals surface area contributed by atoms with E-state index in [1.807, 2.05) is 36.4 Å². The lowest BCUT2D eigenvalue weighted by molar-refractivity contribution is -0.131. The zero-order valence-electron chi connectivity index (χ0n) is 13.9. The minimum atomic E-state index is -0.663. The van der Waals surface area contributed by atoms with Crippen LogP contribution in [0.5, 0.6) is 11.5 Å². The van der Waals surface area contributed by atoms with Gasteiger partial charge in [-0.25, -0.2) is 5.43 Å². The van der Waals surface area contributed by atoms with Crippen molar-refractivity contribution in [2.45, 2.75) is 31.2 Å². The van der Waals surface area contributed by atoms with E-state index >= 15 is 0 Å². The van der Waals surface area contributed by atoms with E-state index in [4.69, 9.17) is 9.47 Å². The molecule has 2 aromatic rings. The topological polar surface area (TPSA) is 71.6 Å². The number of hydrogen-bond donors (Lipinski definition) is 3. The molecule has 6 nitrogen and oxygen atoms in total. The van der Waals surface area contributed by atoms with Gasteiger partial charge in [-0.3, -0.25) is 10.2 Å². The van der Waals surface area contributed by atoms with Gasteiger partial charge in [0.25, 0.3) is 5.91 Å². The van der Waals surface area contributed by atoms with Gasteiger partial charge in [-0.05, 0) is 24.6 Å². The zero-order chi connectivity index (χ0) is 17.2. The summed E-state index contributed by atoms with van der Waals surface area (Å²) >= 11 is 0. The predicted molar refractivity (Wildman–Crippen MR) is 93.2 cm³/mol. The van der Waals surface area contributed by atoms with Crippen molar-refractivity contribution in [1.82, 2.24) is 16.2 Å². The number of carbonyl (C=O) groups is 1. The molecule has 2 aliphatic rings. The van der Waals surface area contributed by atoms with Crippen LogP contribution in [0.3, 0.4) is 0 Å². The van der Waals surface area contributed by atoms with E-state index < -0.39 is 6.10 Å². The van der Waals surface area contributed by atoms with Crippen LogP contribution in [0.1, 0.15) is 18.4 Å². The fourth-order valence-corrected chi connectivity index (χ4v) is 3.37. The minimum Gasteiger partial charge on any atom is -0.485 e. The Balaban J connectivity index is 1.46. The highest BCUT2D eigenvalue weighted by Gasteiger charge is 2.37. The van der Waals surface area contributed by atoms with Gasteiger partial charge in [0.05, 0.1) is 0 Å². The minimum absolute atomic E-state index is 0.127. The van der Waals surface area contributed by atoms with Gasteiger partial charge in [-0.15, -0.1) is 0 Å². The molecule has 2 aliphatic heterocycles. The molecule has 25 heavy (non-hydrogen) atoms. The molecule has 4 atom stereocenters. The highest BCUT2D eigenvalue weighted by atomic mass is 16.6. The summed E-state index contributed by atoms with van der Waals surface area (Å²) < 4.78 is 11.4. The number of hydrazine groups is 1. The monoisotopic (exact) mass is 339 g/mol. The van der Waals surface area contributed by atoms with Crippen LogP contribution in [0.2, 0.25) is 0 Å². The summed E-state index contributed by atoms with van der Waals surface area (Å²) in [6.45, 7) is 2.29. The molecule has 0 aromatic heterocycles. The first kappa shape index (κ1) is 15.9. The number of fused-ring (bicyclic) bond motifs is 1. The lowest BCUT2D eigenvalue weighted by Gasteiger charge is -2.28. The molecule has 2 aromatic carbocycles. The molecular weight excluding hydrogens is 318 g/mol.